The second-order valence-electron chi connectivity index (χ2n) is 4.69. The number of hydrogen-bond donors (Lipinski definition) is 1. The number of aliphatic carboxylic acids is 1. The molecular weight excluding hydrogens is 361 g/mol. The van der Waals surface area contributed by atoms with Crippen molar-refractivity contribution in [3.05, 3.63) is 28.5 Å². The minimum Gasteiger partial charge on any atom is -0.481 e. The Morgan fingerprint density at radius 1 is 1.48 bits per heavy atom. The zero-order valence-corrected chi connectivity index (χ0v) is 13.2. The van der Waals surface area contributed by atoms with Crippen molar-refractivity contribution >= 4 is 33.7 Å². The average Bonchev–Trinajstić information content (AvgIpc) is 3.20. The van der Waals surface area contributed by atoms with E-state index >= 15 is 0 Å². The average molecular weight is 372 g/mol. The first-order valence-electron chi connectivity index (χ1n) is 6.32. The van der Waals surface area contributed by atoms with E-state index in [-0.39, 0.29) is 17.6 Å². The molecule has 2 aromatic rings. The number of nitrogens with zero attached hydrogens (tertiary/aromatic N) is 3. The van der Waals surface area contributed by atoms with Crippen LogP contribution < -0.4 is 0 Å². The van der Waals surface area contributed by atoms with E-state index in [0.29, 0.717) is 21.0 Å². The maximum absolute atomic E-state index is 13.7. The van der Waals surface area contributed by atoms with Crippen LogP contribution in [0.15, 0.2) is 27.8 Å². The molecule has 8 heteroatoms. The number of carbonyl (C=O) groups is 1. The van der Waals surface area contributed by atoms with Gasteiger partial charge in [0.15, 0.2) is 11.0 Å². The van der Waals surface area contributed by atoms with Gasteiger partial charge in [0.05, 0.1) is 10.2 Å². The second-order valence-corrected chi connectivity index (χ2v) is 6.43. The Labute approximate surface area is 132 Å². The molecule has 1 N–H and O–H groups in total. The van der Waals surface area contributed by atoms with Crippen LogP contribution in [0.5, 0.6) is 0 Å². The first-order chi connectivity index (χ1) is 10.1. The predicted molar refractivity (Wildman–Crippen MR) is 79.7 cm³/mol. The molecule has 0 bridgehead atoms. The van der Waals surface area contributed by atoms with Crippen molar-refractivity contribution in [2.24, 2.45) is 0 Å². The zero-order chi connectivity index (χ0) is 15.0. The maximum Gasteiger partial charge on any atom is 0.313 e. The van der Waals surface area contributed by atoms with Gasteiger partial charge in [-0.25, -0.2) is 4.39 Å². The van der Waals surface area contributed by atoms with Gasteiger partial charge in [0.1, 0.15) is 5.82 Å². The van der Waals surface area contributed by atoms with Crippen LogP contribution in [0.1, 0.15) is 18.9 Å². The Morgan fingerprint density at radius 3 is 2.90 bits per heavy atom. The molecule has 0 aliphatic heterocycles. The first kappa shape index (κ1) is 14.5. The molecule has 0 saturated heterocycles. The van der Waals surface area contributed by atoms with Crippen LogP contribution in [-0.4, -0.2) is 31.6 Å². The highest BCUT2D eigenvalue weighted by Gasteiger charge is 2.31. The van der Waals surface area contributed by atoms with Crippen LogP contribution >= 0.6 is 27.7 Å². The number of hydrogen-bond acceptors (Lipinski definition) is 4. The van der Waals surface area contributed by atoms with Crippen LogP contribution in [0.4, 0.5) is 4.39 Å². The summed E-state index contributed by atoms with van der Waals surface area (Å²) in [6.45, 7) is 0. The van der Waals surface area contributed by atoms with Crippen molar-refractivity contribution in [2.75, 3.05) is 5.75 Å². The number of halogens is 2. The van der Waals surface area contributed by atoms with Crippen molar-refractivity contribution in [3.8, 4) is 11.4 Å². The quantitative estimate of drug-likeness (QED) is 0.816. The van der Waals surface area contributed by atoms with E-state index in [4.69, 9.17) is 5.11 Å². The van der Waals surface area contributed by atoms with Crippen molar-refractivity contribution in [1.29, 1.82) is 0 Å². The highest BCUT2D eigenvalue weighted by molar-refractivity contribution is 9.10. The lowest BCUT2D eigenvalue weighted by molar-refractivity contribution is -0.133. The molecule has 1 fully saturated rings. The Kier molecular flexibility index (Phi) is 3.99. The molecule has 1 aromatic heterocycles. The van der Waals surface area contributed by atoms with E-state index in [1.807, 2.05) is 4.57 Å². The summed E-state index contributed by atoms with van der Waals surface area (Å²) in [5.74, 6) is -0.775. The lowest BCUT2D eigenvalue weighted by Crippen LogP contribution is -2.03. The van der Waals surface area contributed by atoms with E-state index < -0.39 is 5.97 Å². The summed E-state index contributed by atoms with van der Waals surface area (Å²) in [4.78, 5) is 10.7. The number of carboxylic acids is 1. The largest absolute Gasteiger partial charge is 0.481 e. The van der Waals surface area contributed by atoms with Gasteiger partial charge in [0, 0.05) is 11.6 Å². The van der Waals surface area contributed by atoms with E-state index in [1.165, 1.54) is 6.07 Å². The maximum atomic E-state index is 13.7. The number of rotatable bonds is 5. The molecular formula is C13H11BrFN3O2S. The van der Waals surface area contributed by atoms with E-state index in [2.05, 4.69) is 26.1 Å². The van der Waals surface area contributed by atoms with Gasteiger partial charge in [-0.15, -0.1) is 10.2 Å². The number of aromatic nitrogens is 3. The minimum atomic E-state index is -0.904. The van der Waals surface area contributed by atoms with E-state index in [9.17, 15) is 9.18 Å². The van der Waals surface area contributed by atoms with Crippen molar-refractivity contribution in [1.82, 2.24) is 14.8 Å². The molecule has 0 unspecified atom stereocenters. The molecule has 0 amide bonds. The molecule has 5 nitrogen and oxygen atoms in total. The topological polar surface area (TPSA) is 68.0 Å². The molecule has 110 valence electrons. The van der Waals surface area contributed by atoms with Gasteiger partial charge < -0.3 is 5.11 Å². The van der Waals surface area contributed by atoms with Gasteiger partial charge in [-0.1, -0.05) is 17.8 Å². The summed E-state index contributed by atoms with van der Waals surface area (Å²) in [6.07, 6.45) is 2.00. The van der Waals surface area contributed by atoms with Gasteiger partial charge in [-0.2, -0.15) is 0 Å². The summed E-state index contributed by atoms with van der Waals surface area (Å²) in [6, 6.07) is 5.01. The summed E-state index contributed by atoms with van der Waals surface area (Å²) in [5, 5.41) is 17.5. The minimum absolute atomic E-state index is 0.0742. The molecule has 0 spiro atoms. The van der Waals surface area contributed by atoms with Gasteiger partial charge in [0.2, 0.25) is 0 Å². The summed E-state index contributed by atoms with van der Waals surface area (Å²) < 4.78 is 15.9. The summed E-state index contributed by atoms with van der Waals surface area (Å²) in [5.41, 5.74) is 0.622. The molecule has 1 aromatic carbocycles. The third kappa shape index (κ3) is 2.96. The van der Waals surface area contributed by atoms with E-state index in [0.717, 1.165) is 24.6 Å². The zero-order valence-electron chi connectivity index (χ0n) is 10.8. The van der Waals surface area contributed by atoms with Gasteiger partial charge in [0.25, 0.3) is 0 Å². The highest BCUT2D eigenvalue weighted by Crippen LogP contribution is 2.42. The molecule has 3 rings (SSSR count). The van der Waals surface area contributed by atoms with Gasteiger partial charge in [-0.05, 0) is 40.9 Å². The molecule has 0 radical (unpaired) electrons. The van der Waals surface area contributed by atoms with Crippen LogP contribution in [0.25, 0.3) is 11.4 Å². The lowest BCUT2D eigenvalue weighted by atomic mass is 10.2. The normalized spacial score (nSPS) is 14.4. The molecule has 1 aliphatic rings. The van der Waals surface area contributed by atoms with Crippen molar-refractivity contribution in [2.45, 2.75) is 24.0 Å². The van der Waals surface area contributed by atoms with Crippen LogP contribution in [-0.2, 0) is 4.79 Å². The van der Waals surface area contributed by atoms with Crippen LogP contribution in [0, 0.1) is 5.82 Å². The summed E-state index contributed by atoms with van der Waals surface area (Å²) in [7, 11) is 0. The van der Waals surface area contributed by atoms with E-state index in [1.54, 1.807) is 12.1 Å². The Morgan fingerprint density at radius 2 is 2.24 bits per heavy atom. The smallest absolute Gasteiger partial charge is 0.313 e. The summed E-state index contributed by atoms with van der Waals surface area (Å²) >= 11 is 4.36. The fourth-order valence-corrected chi connectivity index (χ4v) is 3.19. The number of benzene rings is 1. The van der Waals surface area contributed by atoms with Crippen molar-refractivity contribution < 1.29 is 14.3 Å². The monoisotopic (exact) mass is 371 g/mol. The van der Waals surface area contributed by atoms with Crippen LogP contribution in [0.2, 0.25) is 0 Å². The Balaban J connectivity index is 2.02. The molecule has 1 saturated carbocycles. The fraction of sp³-hybridized carbons (Fsp3) is 0.308. The van der Waals surface area contributed by atoms with Gasteiger partial charge in [-0.3, -0.25) is 9.36 Å². The SMILES string of the molecule is O=C(O)CSc1nnc(-c2cccc(F)c2Br)n1C1CC1. The predicted octanol–water partition coefficient (Wildman–Crippen LogP) is 3.36. The lowest BCUT2D eigenvalue weighted by Gasteiger charge is -2.09. The molecule has 0 atom stereocenters. The Bertz CT molecular complexity index is 703. The third-order valence-electron chi connectivity index (χ3n) is 3.09. The van der Waals surface area contributed by atoms with Crippen LogP contribution in [0.3, 0.4) is 0 Å². The number of carboxylic acid groups (broad SMARTS) is 1. The third-order valence-corrected chi connectivity index (χ3v) is 4.83. The van der Waals surface area contributed by atoms with Crippen molar-refractivity contribution in [3.63, 3.8) is 0 Å². The first-order valence-corrected chi connectivity index (χ1v) is 8.09. The number of thioether (sulfide) groups is 1. The second kappa shape index (κ2) is 5.76. The molecule has 21 heavy (non-hydrogen) atoms. The fourth-order valence-electron chi connectivity index (χ4n) is 2.02. The highest BCUT2D eigenvalue weighted by atomic mass is 79.9. The Hall–Kier alpha value is -1.41. The standard InChI is InChI=1S/C13H11BrFN3O2S/c14-11-8(2-1-3-9(11)15)12-16-17-13(21-6-10(19)20)18(12)7-4-5-7/h1-3,7H,4-6H2,(H,19,20). The molecule has 1 heterocycles. The van der Waals surface area contributed by atoms with Gasteiger partial charge >= 0.3 is 5.97 Å². The molecule has 1 aliphatic carbocycles.